The quantitative estimate of drug-likeness (QED) is 0.841. The Morgan fingerprint density at radius 3 is 2.74 bits per heavy atom. The van der Waals surface area contributed by atoms with E-state index >= 15 is 0 Å². The number of nitrogens with zero attached hydrogens (tertiary/aromatic N) is 1. The lowest BCUT2D eigenvalue weighted by molar-refractivity contribution is -0.145. The van der Waals surface area contributed by atoms with Gasteiger partial charge in [-0.15, -0.1) is 0 Å². The number of carbonyl (C=O) groups excluding carboxylic acids is 2. The molecule has 2 N–H and O–H groups in total. The van der Waals surface area contributed by atoms with Crippen molar-refractivity contribution in [2.75, 3.05) is 6.54 Å². The maximum absolute atomic E-state index is 12.6. The van der Waals surface area contributed by atoms with Crippen LogP contribution in [0.4, 0.5) is 0 Å². The van der Waals surface area contributed by atoms with E-state index in [-0.39, 0.29) is 5.91 Å². The van der Waals surface area contributed by atoms with E-state index in [1.165, 1.54) is 6.92 Å². The molecule has 0 radical (unpaired) electrons. The summed E-state index contributed by atoms with van der Waals surface area (Å²) in [6.45, 7) is 4.67. The van der Waals surface area contributed by atoms with Crippen LogP contribution in [0.2, 0.25) is 0 Å². The fourth-order valence-corrected chi connectivity index (χ4v) is 2.95. The van der Waals surface area contributed by atoms with Gasteiger partial charge in [-0.05, 0) is 31.7 Å². The van der Waals surface area contributed by atoms with Crippen molar-refractivity contribution in [1.82, 2.24) is 10.2 Å². The lowest BCUT2D eigenvalue weighted by Crippen LogP contribution is -2.56. The van der Waals surface area contributed by atoms with Crippen molar-refractivity contribution in [2.45, 2.75) is 57.7 Å². The first-order valence-electron chi connectivity index (χ1n) is 8.30. The first-order chi connectivity index (χ1) is 10.9. The fourth-order valence-electron chi connectivity index (χ4n) is 2.95. The molecule has 5 nitrogen and oxygen atoms in total. The van der Waals surface area contributed by atoms with Gasteiger partial charge in [0.2, 0.25) is 5.91 Å². The monoisotopic (exact) mass is 318 g/mol. The van der Waals surface area contributed by atoms with E-state index in [0.717, 1.165) is 12.0 Å². The van der Waals surface area contributed by atoms with Crippen molar-refractivity contribution >= 4 is 11.8 Å². The molecular weight excluding hydrogens is 292 g/mol. The van der Waals surface area contributed by atoms with Crippen molar-refractivity contribution in [3.8, 4) is 0 Å². The second-order valence-electron chi connectivity index (χ2n) is 6.44. The van der Waals surface area contributed by atoms with Gasteiger partial charge in [0.1, 0.15) is 11.6 Å². The highest BCUT2D eigenvalue weighted by Gasteiger charge is 2.35. The zero-order valence-corrected chi connectivity index (χ0v) is 13.9. The molecule has 2 amide bonds. The van der Waals surface area contributed by atoms with Gasteiger partial charge in [0.15, 0.2) is 0 Å². The summed E-state index contributed by atoms with van der Waals surface area (Å²) in [5.74, 6) is -0.528. The molecule has 1 heterocycles. The third kappa shape index (κ3) is 4.55. The van der Waals surface area contributed by atoms with E-state index in [1.807, 2.05) is 37.3 Å². The third-order valence-electron chi connectivity index (χ3n) is 4.28. The number of likely N-dealkylation sites (tertiary alicyclic amines) is 1. The summed E-state index contributed by atoms with van der Waals surface area (Å²) in [5, 5.41) is 12.9. The molecule has 23 heavy (non-hydrogen) atoms. The van der Waals surface area contributed by atoms with Crippen LogP contribution in [-0.4, -0.2) is 40.0 Å². The number of carbonyl (C=O) groups is 2. The topological polar surface area (TPSA) is 69.6 Å². The van der Waals surface area contributed by atoms with Gasteiger partial charge in [-0.2, -0.15) is 0 Å². The van der Waals surface area contributed by atoms with Crippen LogP contribution in [0.5, 0.6) is 0 Å². The predicted octanol–water partition coefficient (Wildman–Crippen LogP) is 1.84. The van der Waals surface area contributed by atoms with Crippen LogP contribution in [0.15, 0.2) is 30.3 Å². The average molecular weight is 318 g/mol. The number of nitrogens with one attached hydrogen (secondary N) is 1. The van der Waals surface area contributed by atoms with Crippen molar-refractivity contribution in [3.05, 3.63) is 35.9 Å². The molecule has 1 aromatic carbocycles. The highest BCUT2D eigenvalue weighted by atomic mass is 16.3. The van der Waals surface area contributed by atoms with Gasteiger partial charge in [-0.3, -0.25) is 9.59 Å². The van der Waals surface area contributed by atoms with E-state index in [1.54, 1.807) is 4.90 Å². The number of piperidine rings is 1. The van der Waals surface area contributed by atoms with Gasteiger partial charge in [0.25, 0.3) is 5.91 Å². The Labute approximate surface area is 137 Å². The molecule has 2 rings (SSSR count). The summed E-state index contributed by atoms with van der Waals surface area (Å²) in [6.07, 6.45) is 2.56. The van der Waals surface area contributed by atoms with Crippen molar-refractivity contribution in [1.29, 1.82) is 0 Å². The summed E-state index contributed by atoms with van der Waals surface area (Å²) >= 11 is 0. The van der Waals surface area contributed by atoms with Gasteiger partial charge in [-0.25, -0.2) is 0 Å². The molecule has 0 aliphatic carbocycles. The summed E-state index contributed by atoms with van der Waals surface area (Å²) in [7, 11) is 0. The summed E-state index contributed by atoms with van der Waals surface area (Å²) in [5.41, 5.74) is -0.345. The number of amides is 2. The van der Waals surface area contributed by atoms with Crippen molar-refractivity contribution in [3.63, 3.8) is 0 Å². The largest absolute Gasteiger partial charge is 0.380 e. The van der Waals surface area contributed by atoms with Crippen LogP contribution >= 0.6 is 0 Å². The van der Waals surface area contributed by atoms with Crippen LogP contribution in [0, 0.1) is 0 Å². The molecule has 1 aromatic rings. The summed E-state index contributed by atoms with van der Waals surface area (Å²) < 4.78 is 0. The van der Waals surface area contributed by atoms with Gasteiger partial charge < -0.3 is 15.3 Å². The molecule has 0 aromatic heterocycles. The van der Waals surface area contributed by atoms with E-state index in [0.29, 0.717) is 32.4 Å². The Bertz CT molecular complexity index is 542. The SMILES string of the molecule is CCCC(C)(O)C(=O)NC1CCCN(Cc2ccccc2)C1=O. The minimum atomic E-state index is -1.42. The normalized spacial score (nSPS) is 20.9. The van der Waals surface area contributed by atoms with E-state index in [2.05, 4.69) is 5.32 Å². The van der Waals surface area contributed by atoms with E-state index < -0.39 is 17.6 Å². The van der Waals surface area contributed by atoms with Crippen molar-refractivity contribution in [2.24, 2.45) is 0 Å². The molecule has 5 heteroatoms. The zero-order valence-electron chi connectivity index (χ0n) is 13.9. The molecule has 1 aliphatic heterocycles. The molecule has 126 valence electrons. The van der Waals surface area contributed by atoms with Crippen molar-refractivity contribution < 1.29 is 14.7 Å². The molecule has 0 bridgehead atoms. The van der Waals surface area contributed by atoms with Crippen LogP contribution in [0.25, 0.3) is 0 Å². The first-order valence-corrected chi connectivity index (χ1v) is 8.30. The minimum Gasteiger partial charge on any atom is -0.380 e. The summed E-state index contributed by atoms with van der Waals surface area (Å²) in [4.78, 5) is 26.6. The Hall–Kier alpha value is -1.88. The number of hydrogen-bond acceptors (Lipinski definition) is 3. The number of rotatable bonds is 6. The van der Waals surface area contributed by atoms with Crippen LogP contribution in [0.1, 0.15) is 45.1 Å². The van der Waals surface area contributed by atoms with Gasteiger partial charge in [0.05, 0.1) is 0 Å². The molecule has 1 fully saturated rings. The fraction of sp³-hybridized carbons (Fsp3) is 0.556. The maximum atomic E-state index is 12.6. The Morgan fingerprint density at radius 1 is 1.39 bits per heavy atom. The second kappa shape index (κ2) is 7.59. The van der Waals surface area contributed by atoms with Crippen LogP contribution in [-0.2, 0) is 16.1 Å². The highest BCUT2D eigenvalue weighted by molar-refractivity contribution is 5.91. The Morgan fingerprint density at radius 2 is 2.09 bits per heavy atom. The van der Waals surface area contributed by atoms with Gasteiger partial charge in [0, 0.05) is 13.1 Å². The first kappa shape index (κ1) is 17.5. The number of hydrogen-bond donors (Lipinski definition) is 2. The van der Waals surface area contributed by atoms with Crippen LogP contribution < -0.4 is 5.32 Å². The third-order valence-corrected chi connectivity index (χ3v) is 4.28. The molecule has 1 saturated heterocycles. The number of benzene rings is 1. The standard InChI is InChI=1S/C18H26N2O3/c1-3-11-18(2,23)17(22)19-15-10-7-12-20(16(15)21)13-14-8-5-4-6-9-14/h4-6,8-9,15,23H,3,7,10-13H2,1-2H3,(H,19,22). The summed E-state index contributed by atoms with van der Waals surface area (Å²) in [6, 6.07) is 9.28. The average Bonchev–Trinajstić information content (AvgIpc) is 2.52. The van der Waals surface area contributed by atoms with Gasteiger partial charge >= 0.3 is 0 Å². The maximum Gasteiger partial charge on any atom is 0.252 e. The highest BCUT2D eigenvalue weighted by Crippen LogP contribution is 2.17. The molecule has 0 saturated carbocycles. The molecular formula is C18H26N2O3. The number of aliphatic hydroxyl groups is 1. The van der Waals surface area contributed by atoms with E-state index in [9.17, 15) is 14.7 Å². The zero-order chi connectivity index (χ0) is 16.9. The Kier molecular flexibility index (Phi) is 5.77. The molecule has 2 unspecified atom stereocenters. The molecule has 0 spiro atoms. The second-order valence-corrected chi connectivity index (χ2v) is 6.44. The smallest absolute Gasteiger partial charge is 0.252 e. The predicted molar refractivity (Wildman–Crippen MR) is 88.6 cm³/mol. The Balaban J connectivity index is 1.98. The van der Waals surface area contributed by atoms with E-state index in [4.69, 9.17) is 0 Å². The lowest BCUT2D eigenvalue weighted by Gasteiger charge is -2.34. The molecule has 1 aliphatic rings. The van der Waals surface area contributed by atoms with Crippen LogP contribution in [0.3, 0.4) is 0 Å². The molecule has 2 atom stereocenters. The van der Waals surface area contributed by atoms with Gasteiger partial charge in [-0.1, -0.05) is 43.7 Å². The lowest BCUT2D eigenvalue weighted by atomic mass is 9.97. The minimum absolute atomic E-state index is 0.0687.